The average Bonchev–Trinajstić information content (AvgIpc) is 2.01. The van der Waals surface area contributed by atoms with Gasteiger partial charge in [-0.1, -0.05) is 0 Å². The minimum Gasteiger partial charge on any atom is -0.803 e. The summed E-state index contributed by atoms with van der Waals surface area (Å²) in [4.78, 5) is 20.5. The molecule has 0 aliphatic rings. The molecule has 0 saturated carbocycles. The maximum atomic E-state index is 10.9. The fourth-order valence-corrected chi connectivity index (χ4v) is 2.11. The van der Waals surface area contributed by atoms with Crippen LogP contribution in [0.4, 0.5) is 0 Å². The maximum Gasteiger partial charge on any atom is 1.00 e. The Morgan fingerprint density at radius 3 is 2.40 bits per heavy atom. The first-order valence-corrected chi connectivity index (χ1v) is 6.46. The number of nitrogens with zero attached hydrogens (tertiary/aromatic N) is 1. The summed E-state index contributed by atoms with van der Waals surface area (Å²) in [6.07, 6.45) is 1.25. The van der Waals surface area contributed by atoms with Gasteiger partial charge in [0.2, 0.25) is 5.69 Å². The Balaban J connectivity index is 0. The molecule has 0 radical (unpaired) electrons. The standard InChI is InChI=1S/C6H8NO4PS.2Na/c8-7-4-2-1-3-6(7)5-13-12(9,10)11;;/h1-4H,5H2,(H2,9,10,11);;/q;2*+1/p-2. The van der Waals surface area contributed by atoms with Crippen LogP contribution in [-0.4, -0.2) is 0 Å². The van der Waals surface area contributed by atoms with Gasteiger partial charge in [-0.25, -0.2) is 0 Å². The second kappa shape index (κ2) is 8.53. The van der Waals surface area contributed by atoms with Crippen molar-refractivity contribution < 1.29 is 78.2 Å². The third-order valence-corrected chi connectivity index (χ3v) is 3.35. The van der Waals surface area contributed by atoms with Crippen LogP contribution in [0.1, 0.15) is 5.69 Å². The molecule has 9 heteroatoms. The topological polar surface area (TPSA) is 90.1 Å². The van der Waals surface area contributed by atoms with E-state index in [0.29, 0.717) is 4.73 Å². The number of hydrogen-bond donors (Lipinski definition) is 0. The molecule has 0 bridgehead atoms. The van der Waals surface area contributed by atoms with Crippen molar-refractivity contribution in [3.05, 3.63) is 35.3 Å². The average molecular weight is 265 g/mol. The third kappa shape index (κ3) is 8.21. The van der Waals surface area contributed by atoms with E-state index in [1.165, 1.54) is 18.3 Å². The summed E-state index contributed by atoms with van der Waals surface area (Å²) in [6, 6.07) is 4.59. The van der Waals surface area contributed by atoms with Crippen LogP contribution in [-0.2, 0) is 10.3 Å². The molecule has 0 aliphatic heterocycles. The molecule has 0 N–H and O–H groups in total. The van der Waals surface area contributed by atoms with Gasteiger partial charge < -0.3 is 19.6 Å². The zero-order valence-corrected chi connectivity index (χ0v) is 14.2. The van der Waals surface area contributed by atoms with Crippen molar-refractivity contribution in [2.75, 3.05) is 0 Å². The number of rotatable bonds is 3. The second-order valence-corrected chi connectivity index (χ2v) is 5.80. The summed E-state index contributed by atoms with van der Waals surface area (Å²) >= 11 is 0.224. The molecule has 0 aromatic carbocycles. The van der Waals surface area contributed by atoms with Crippen molar-refractivity contribution in [1.29, 1.82) is 0 Å². The van der Waals surface area contributed by atoms with E-state index in [1.54, 1.807) is 6.07 Å². The Labute approximate surface area is 136 Å². The van der Waals surface area contributed by atoms with E-state index < -0.39 is 6.80 Å². The van der Waals surface area contributed by atoms with Crippen molar-refractivity contribution in [3.63, 3.8) is 0 Å². The van der Waals surface area contributed by atoms with Gasteiger partial charge in [0.05, 0.1) is 5.75 Å². The van der Waals surface area contributed by atoms with E-state index in [1.807, 2.05) is 0 Å². The molecule has 15 heavy (non-hydrogen) atoms. The largest absolute Gasteiger partial charge is 1.00 e. The summed E-state index contributed by atoms with van der Waals surface area (Å²) in [5.41, 5.74) is 0.249. The zero-order valence-electron chi connectivity index (χ0n) is 8.45. The number of hydrogen-bond acceptors (Lipinski definition) is 5. The Morgan fingerprint density at radius 1 is 1.33 bits per heavy atom. The molecule has 0 amide bonds. The van der Waals surface area contributed by atoms with Crippen molar-refractivity contribution in [2.24, 2.45) is 0 Å². The number of pyridine rings is 1. The van der Waals surface area contributed by atoms with Gasteiger partial charge in [-0.15, -0.1) is 11.4 Å². The minimum atomic E-state index is -4.59. The maximum absolute atomic E-state index is 10.9. The van der Waals surface area contributed by atoms with Gasteiger partial charge in [-0.05, 0) is 12.9 Å². The third-order valence-electron chi connectivity index (χ3n) is 1.27. The predicted molar refractivity (Wildman–Crippen MR) is 44.3 cm³/mol. The summed E-state index contributed by atoms with van der Waals surface area (Å²) in [6.45, 7) is -4.59. The Morgan fingerprint density at radius 2 is 1.93 bits per heavy atom. The van der Waals surface area contributed by atoms with Crippen LogP contribution in [0.15, 0.2) is 24.4 Å². The molecule has 1 aromatic rings. The Kier molecular flexibility index (Phi) is 10.7. The summed E-state index contributed by atoms with van der Waals surface area (Å²) < 4.78 is 10.8. The first-order valence-electron chi connectivity index (χ1n) is 3.33. The molecule has 1 rings (SSSR count). The molecule has 0 fully saturated rings. The van der Waals surface area contributed by atoms with Gasteiger partial charge in [0.1, 0.15) is 0 Å². The molecule has 0 atom stereocenters. The van der Waals surface area contributed by atoms with E-state index in [0.717, 1.165) is 0 Å². The molecule has 0 unspecified atom stereocenters. The van der Waals surface area contributed by atoms with Crippen LogP contribution >= 0.6 is 18.2 Å². The van der Waals surface area contributed by atoms with Gasteiger partial charge >= 0.3 is 59.1 Å². The molecule has 1 aromatic heterocycles. The zero-order chi connectivity index (χ0) is 9.90. The van der Waals surface area contributed by atoms with Gasteiger partial charge in [0, 0.05) is 12.1 Å². The molecule has 0 saturated heterocycles. The number of aromatic nitrogens is 1. The molecule has 5 nitrogen and oxygen atoms in total. The summed E-state index contributed by atoms with van der Waals surface area (Å²) in [7, 11) is 0. The summed E-state index contributed by atoms with van der Waals surface area (Å²) in [5, 5.41) is 10.9. The van der Waals surface area contributed by atoms with Crippen molar-refractivity contribution in [2.45, 2.75) is 5.75 Å². The first kappa shape index (κ1) is 18.8. The SMILES string of the molecule is O=P([O-])([O-])SCc1cccc[n+]1[O-].[Na+].[Na+]. The smallest absolute Gasteiger partial charge is 0.803 e. The predicted octanol–water partition coefficient (Wildman–Crippen LogP) is -6.61. The van der Waals surface area contributed by atoms with Crippen LogP contribution in [0.3, 0.4) is 0 Å². The van der Waals surface area contributed by atoms with E-state index in [9.17, 15) is 19.6 Å². The molecule has 1 heterocycles. The van der Waals surface area contributed by atoms with E-state index in [-0.39, 0.29) is 81.9 Å². The van der Waals surface area contributed by atoms with E-state index in [2.05, 4.69) is 0 Å². The fourth-order valence-electron chi connectivity index (χ4n) is 0.721. The van der Waals surface area contributed by atoms with Crippen LogP contribution < -0.4 is 73.6 Å². The van der Waals surface area contributed by atoms with E-state index in [4.69, 9.17) is 0 Å². The Bertz CT molecular complexity index is 348. The second-order valence-electron chi connectivity index (χ2n) is 2.24. The molecule has 0 aliphatic carbocycles. The van der Waals surface area contributed by atoms with Gasteiger partial charge in [0.25, 0.3) is 0 Å². The molecular weight excluding hydrogens is 259 g/mol. The van der Waals surface area contributed by atoms with Gasteiger partial charge in [-0.3, -0.25) is 0 Å². The van der Waals surface area contributed by atoms with Gasteiger partial charge in [-0.2, -0.15) is 4.73 Å². The van der Waals surface area contributed by atoms with Crippen LogP contribution in [0.5, 0.6) is 0 Å². The monoisotopic (exact) mass is 265 g/mol. The quantitative estimate of drug-likeness (QED) is 0.234. The molecule has 72 valence electrons. The van der Waals surface area contributed by atoms with Crippen LogP contribution in [0.25, 0.3) is 0 Å². The minimum absolute atomic E-state index is 0. The molecule has 0 spiro atoms. The van der Waals surface area contributed by atoms with Crippen LogP contribution in [0.2, 0.25) is 0 Å². The normalized spacial score (nSPS) is 10.0. The first-order chi connectivity index (χ1) is 5.99. The molecular formula is C6H6NNa2O4PS. The Hall–Kier alpha value is 1.45. The van der Waals surface area contributed by atoms with E-state index >= 15 is 0 Å². The fraction of sp³-hybridized carbons (Fsp3) is 0.167. The van der Waals surface area contributed by atoms with Crippen LogP contribution in [0, 0.1) is 5.21 Å². The van der Waals surface area contributed by atoms with Crippen molar-refractivity contribution in [1.82, 2.24) is 0 Å². The summed E-state index contributed by atoms with van der Waals surface area (Å²) in [5.74, 6) is -0.116. The van der Waals surface area contributed by atoms with Gasteiger partial charge in [0.15, 0.2) is 6.20 Å². The van der Waals surface area contributed by atoms with Crippen molar-refractivity contribution in [3.8, 4) is 0 Å². The van der Waals surface area contributed by atoms with Crippen molar-refractivity contribution >= 4 is 18.2 Å².